The summed E-state index contributed by atoms with van der Waals surface area (Å²) in [7, 11) is 0. The van der Waals surface area contributed by atoms with Crippen molar-refractivity contribution >= 4 is 10.8 Å². The predicted molar refractivity (Wildman–Crippen MR) is 80.0 cm³/mol. The van der Waals surface area contributed by atoms with E-state index in [1.807, 2.05) is 24.3 Å². The van der Waals surface area contributed by atoms with Gasteiger partial charge in [0.25, 0.3) is 5.56 Å². The molecule has 3 rings (SSSR count). The van der Waals surface area contributed by atoms with Gasteiger partial charge < -0.3 is 15.4 Å². The Labute approximate surface area is 117 Å². The summed E-state index contributed by atoms with van der Waals surface area (Å²) in [5, 5.41) is 14.2. The van der Waals surface area contributed by atoms with Crippen molar-refractivity contribution in [3.8, 4) is 0 Å². The molecule has 1 heterocycles. The third-order valence-corrected chi connectivity index (χ3v) is 4.05. The fourth-order valence-electron chi connectivity index (χ4n) is 3.13. The summed E-state index contributed by atoms with van der Waals surface area (Å²) in [5.74, 6) is 0. The van der Waals surface area contributed by atoms with Crippen molar-refractivity contribution < 1.29 is 5.11 Å². The van der Waals surface area contributed by atoms with Crippen molar-refractivity contribution in [2.24, 2.45) is 0 Å². The summed E-state index contributed by atoms with van der Waals surface area (Å²) < 4.78 is 0. The number of aromatic nitrogens is 1. The molecule has 0 aliphatic heterocycles. The SMILES string of the molecule is O=c1[nH]c2c(c3ccccc13)[C@H](NCCCO)CCC2. The number of nitrogens with one attached hydrogen (secondary N) is 2. The van der Waals surface area contributed by atoms with Crippen LogP contribution in [0, 0.1) is 0 Å². The van der Waals surface area contributed by atoms with Crippen LogP contribution in [0.1, 0.15) is 36.6 Å². The zero-order chi connectivity index (χ0) is 13.9. The van der Waals surface area contributed by atoms with E-state index < -0.39 is 0 Å². The molecular weight excluding hydrogens is 252 g/mol. The van der Waals surface area contributed by atoms with Crippen molar-refractivity contribution in [1.29, 1.82) is 0 Å². The maximum atomic E-state index is 12.1. The minimum atomic E-state index is 0.00959. The minimum Gasteiger partial charge on any atom is -0.396 e. The van der Waals surface area contributed by atoms with Crippen LogP contribution in [0.15, 0.2) is 29.1 Å². The lowest BCUT2D eigenvalue weighted by molar-refractivity contribution is 0.281. The van der Waals surface area contributed by atoms with E-state index in [1.165, 1.54) is 5.56 Å². The second kappa shape index (κ2) is 5.77. The van der Waals surface area contributed by atoms with Crippen LogP contribution >= 0.6 is 0 Å². The second-order valence-corrected chi connectivity index (χ2v) is 5.37. The summed E-state index contributed by atoms with van der Waals surface area (Å²) in [6.07, 6.45) is 3.85. The molecule has 20 heavy (non-hydrogen) atoms. The quantitative estimate of drug-likeness (QED) is 0.745. The molecule has 1 aliphatic carbocycles. The van der Waals surface area contributed by atoms with Crippen molar-refractivity contribution in [2.75, 3.05) is 13.2 Å². The third-order valence-electron chi connectivity index (χ3n) is 4.05. The van der Waals surface area contributed by atoms with Crippen molar-refractivity contribution in [2.45, 2.75) is 31.7 Å². The highest BCUT2D eigenvalue weighted by molar-refractivity contribution is 5.86. The van der Waals surface area contributed by atoms with Crippen LogP contribution in [0.25, 0.3) is 10.8 Å². The lowest BCUT2D eigenvalue weighted by atomic mass is 9.87. The lowest BCUT2D eigenvalue weighted by Crippen LogP contribution is -2.29. The fourth-order valence-corrected chi connectivity index (χ4v) is 3.13. The van der Waals surface area contributed by atoms with Gasteiger partial charge in [0.2, 0.25) is 0 Å². The van der Waals surface area contributed by atoms with E-state index in [9.17, 15) is 4.79 Å². The normalized spacial score (nSPS) is 18.1. The Hall–Kier alpha value is -1.65. The standard InChI is InChI=1S/C16H20N2O2/c19-10-4-9-17-13-7-3-8-14-15(13)11-5-1-2-6-12(11)16(20)18-14/h1-2,5-6,13,17,19H,3-4,7-10H2,(H,18,20)/t13-/m1/s1. The maximum Gasteiger partial charge on any atom is 0.256 e. The minimum absolute atomic E-state index is 0.00959. The number of pyridine rings is 1. The van der Waals surface area contributed by atoms with Crippen LogP contribution in [0.4, 0.5) is 0 Å². The third kappa shape index (κ3) is 2.37. The summed E-state index contributed by atoms with van der Waals surface area (Å²) >= 11 is 0. The molecule has 4 heteroatoms. The van der Waals surface area contributed by atoms with Crippen LogP contribution in [0.2, 0.25) is 0 Å². The number of benzene rings is 1. The first-order valence-corrected chi connectivity index (χ1v) is 7.29. The second-order valence-electron chi connectivity index (χ2n) is 5.37. The van der Waals surface area contributed by atoms with E-state index in [-0.39, 0.29) is 18.2 Å². The molecule has 1 aromatic carbocycles. The number of rotatable bonds is 4. The molecule has 0 fully saturated rings. The van der Waals surface area contributed by atoms with Crippen LogP contribution in [-0.4, -0.2) is 23.2 Å². The molecule has 2 aromatic rings. The zero-order valence-corrected chi connectivity index (χ0v) is 11.5. The highest BCUT2D eigenvalue weighted by Crippen LogP contribution is 2.32. The number of hydrogen-bond acceptors (Lipinski definition) is 3. The van der Waals surface area contributed by atoms with Crippen LogP contribution in [0.5, 0.6) is 0 Å². The first kappa shape index (κ1) is 13.3. The van der Waals surface area contributed by atoms with E-state index in [4.69, 9.17) is 5.11 Å². The number of aliphatic hydroxyl groups is 1. The molecule has 1 aromatic heterocycles. The molecule has 0 saturated heterocycles. The number of aromatic amines is 1. The van der Waals surface area contributed by atoms with Crippen molar-refractivity contribution in [1.82, 2.24) is 10.3 Å². The lowest BCUT2D eigenvalue weighted by Gasteiger charge is -2.27. The molecule has 1 atom stereocenters. The van der Waals surface area contributed by atoms with Crippen LogP contribution < -0.4 is 10.9 Å². The number of H-pyrrole nitrogens is 1. The molecule has 1 aliphatic rings. The van der Waals surface area contributed by atoms with E-state index in [1.54, 1.807) is 0 Å². The Morgan fingerprint density at radius 2 is 2.10 bits per heavy atom. The largest absolute Gasteiger partial charge is 0.396 e. The zero-order valence-electron chi connectivity index (χ0n) is 11.5. The number of aryl methyl sites for hydroxylation is 1. The Morgan fingerprint density at radius 1 is 1.30 bits per heavy atom. The van der Waals surface area contributed by atoms with Gasteiger partial charge in [0.15, 0.2) is 0 Å². The molecule has 106 valence electrons. The van der Waals surface area contributed by atoms with Crippen LogP contribution in [-0.2, 0) is 6.42 Å². The number of fused-ring (bicyclic) bond motifs is 3. The topological polar surface area (TPSA) is 65.1 Å². The van der Waals surface area contributed by atoms with E-state index in [0.29, 0.717) is 0 Å². The monoisotopic (exact) mass is 272 g/mol. The van der Waals surface area contributed by atoms with E-state index >= 15 is 0 Å². The van der Waals surface area contributed by atoms with Gasteiger partial charge in [0, 0.05) is 23.7 Å². The van der Waals surface area contributed by atoms with Crippen LogP contribution in [0.3, 0.4) is 0 Å². The number of hydrogen-bond donors (Lipinski definition) is 3. The average Bonchev–Trinajstić information content (AvgIpc) is 2.48. The first-order valence-electron chi connectivity index (χ1n) is 7.29. The Morgan fingerprint density at radius 3 is 2.90 bits per heavy atom. The number of aliphatic hydroxyl groups excluding tert-OH is 1. The van der Waals surface area contributed by atoms with Gasteiger partial charge in [0.05, 0.1) is 0 Å². The first-order chi connectivity index (χ1) is 9.81. The molecule has 0 radical (unpaired) electrons. The summed E-state index contributed by atoms with van der Waals surface area (Å²) in [6.45, 7) is 1.01. The van der Waals surface area contributed by atoms with E-state index in [0.717, 1.165) is 48.7 Å². The summed E-state index contributed by atoms with van der Waals surface area (Å²) in [5.41, 5.74) is 2.32. The molecule has 0 saturated carbocycles. The molecule has 4 nitrogen and oxygen atoms in total. The van der Waals surface area contributed by atoms with Gasteiger partial charge in [-0.2, -0.15) is 0 Å². The van der Waals surface area contributed by atoms with E-state index in [2.05, 4.69) is 10.3 Å². The predicted octanol–water partition coefficient (Wildman–Crippen LogP) is 1.88. The highest BCUT2D eigenvalue weighted by Gasteiger charge is 2.23. The van der Waals surface area contributed by atoms with Gasteiger partial charge in [-0.15, -0.1) is 0 Å². The molecule has 0 spiro atoms. The van der Waals surface area contributed by atoms with Gasteiger partial charge in [-0.25, -0.2) is 0 Å². The van der Waals surface area contributed by atoms with Gasteiger partial charge in [0.1, 0.15) is 0 Å². The molecule has 0 bridgehead atoms. The Balaban J connectivity index is 2.07. The summed E-state index contributed by atoms with van der Waals surface area (Å²) in [6, 6.07) is 8.08. The smallest absolute Gasteiger partial charge is 0.256 e. The maximum absolute atomic E-state index is 12.1. The van der Waals surface area contributed by atoms with Crippen molar-refractivity contribution in [3.05, 3.63) is 45.9 Å². The van der Waals surface area contributed by atoms with Gasteiger partial charge in [-0.3, -0.25) is 4.79 Å². The van der Waals surface area contributed by atoms with Gasteiger partial charge in [-0.1, -0.05) is 18.2 Å². The fraction of sp³-hybridized carbons (Fsp3) is 0.438. The average molecular weight is 272 g/mol. The van der Waals surface area contributed by atoms with Crippen molar-refractivity contribution in [3.63, 3.8) is 0 Å². The van der Waals surface area contributed by atoms with Gasteiger partial charge in [-0.05, 0) is 49.2 Å². The summed E-state index contributed by atoms with van der Waals surface area (Å²) in [4.78, 5) is 15.2. The molecule has 0 unspecified atom stereocenters. The molecule has 3 N–H and O–H groups in total. The molecular formula is C16H20N2O2. The highest BCUT2D eigenvalue weighted by atomic mass is 16.3. The van der Waals surface area contributed by atoms with Gasteiger partial charge >= 0.3 is 0 Å². The Bertz CT molecular complexity index is 663. The Kier molecular flexibility index (Phi) is 3.85. The molecule has 0 amide bonds.